The van der Waals surface area contributed by atoms with Crippen molar-refractivity contribution in [2.24, 2.45) is 5.73 Å². The Bertz CT molecular complexity index is 332. The van der Waals surface area contributed by atoms with Crippen LogP contribution in [0.3, 0.4) is 0 Å². The van der Waals surface area contributed by atoms with Crippen molar-refractivity contribution in [3.8, 4) is 17.2 Å². The van der Waals surface area contributed by atoms with E-state index < -0.39 is 6.04 Å². The molecule has 4 nitrogen and oxygen atoms in total. The number of phenolic OH excluding ortho intramolecular Hbond substituents is 3. The van der Waals surface area contributed by atoms with Crippen molar-refractivity contribution in [2.75, 3.05) is 0 Å². The first-order valence-electron chi connectivity index (χ1n) is 4.17. The van der Waals surface area contributed by atoms with E-state index in [0.29, 0.717) is 6.42 Å². The Morgan fingerprint density at radius 2 is 1.73 bits per heavy atom. The van der Waals surface area contributed by atoms with Gasteiger partial charge in [-0.05, 0) is 6.42 Å². The minimum Gasteiger partial charge on any atom is -0.508 e. The third kappa shape index (κ3) is 3.04. The van der Waals surface area contributed by atoms with Gasteiger partial charge in [-0.25, -0.2) is 0 Å². The maximum atomic E-state index is 9.43. The molecular formula is C10H14ClNO3. The smallest absolute Gasteiger partial charge is 0.127 e. The topological polar surface area (TPSA) is 86.7 Å². The van der Waals surface area contributed by atoms with E-state index in [2.05, 4.69) is 6.58 Å². The summed E-state index contributed by atoms with van der Waals surface area (Å²) in [5, 5.41) is 27.9. The first kappa shape index (κ1) is 13.6. The van der Waals surface area contributed by atoms with E-state index >= 15 is 0 Å². The molecule has 15 heavy (non-hydrogen) atoms. The minimum absolute atomic E-state index is 0. The molecule has 0 saturated carbocycles. The van der Waals surface area contributed by atoms with Gasteiger partial charge in [0.25, 0.3) is 0 Å². The molecule has 0 spiro atoms. The fraction of sp³-hybridized carbons (Fsp3) is 0.200. The van der Waals surface area contributed by atoms with Crippen LogP contribution in [0.4, 0.5) is 0 Å². The summed E-state index contributed by atoms with van der Waals surface area (Å²) in [5.41, 5.74) is 5.91. The molecule has 84 valence electrons. The van der Waals surface area contributed by atoms with E-state index in [0.717, 1.165) is 12.1 Å². The molecule has 0 aliphatic rings. The monoisotopic (exact) mass is 231 g/mol. The van der Waals surface area contributed by atoms with Crippen LogP contribution in [0, 0.1) is 0 Å². The van der Waals surface area contributed by atoms with E-state index in [1.807, 2.05) is 0 Å². The van der Waals surface area contributed by atoms with Gasteiger partial charge in [0.05, 0.1) is 5.56 Å². The maximum Gasteiger partial charge on any atom is 0.127 e. The third-order valence-corrected chi connectivity index (χ3v) is 1.91. The van der Waals surface area contributed by atoms with E-state index in [1.54, 1.807) is 6.08 Å². The maximum absolute atomic E-state index is 9.43. The van der Waals surface area contributed by atoms with Gasteiger partial charge in [-0.1, -0.05) is 6.08 Å². The molecule has 5 heteroatoms. The molecule has 1 aromatic carbocycles. The van der Waals surface area contributed by atoms with Crippen molar-refractivity contribution in [3.63, 3.8) is 0 Å². The SMILES string of the molecule is C=CC[C@H](N)c1c(O)cc(O)cc1O.Cl. The zero-order chi connectivity index (χ0) is 10.7. The first-order valence-corrected chi connectivity index (χ1v) is 4.17. The molecule has 0 saturated heterocycles. The van der Waals surface area contributed by atoms with Crippen LogP contribution in [0.1, 0.15) is 18.0 Å². The molecule has 0 bridgehead atoms. The number of nitrogens with two attached hydrogens (primary N) is 1. The summed E-state index contributed by atoms with van der Waals surface area (Å²) in [4.78, 5) is 0. The highest BCUT2D eigenvalue weighted by Crippen LogP contribution is 2.36. The van der Waals surface area contributed by atoms with Gasteiger partial charge in [0.1, 0.15) is 17.2 Å². The lowest BCUT2D eigenvalue weighted by atomic mass is 10.0. The Hall–Kier alpha value is -1.39. The molecule has 5 N–H and O–H groups in total. The highest BCUT2D eigenvalue weighted by Gasteiger charge is 2.15. The number of phenols is 3. The van der Waals surface area contributed by atoms with E-state index in [1.165, 1.54) is 0 Å². The Morgan fingerprint density at radius 3 is 2.13 bits per heavy atom. The molecular weight excluding hydrogens is 218 g/mol. The van der Waals surface area contributed by atoms with Crippen molar-refractivity contribution >= 4 is 12.4 Å². The second-order valence-electron chi connectivity index (χ2n) is 3.03. The van der Waals surface area contributed by atoms with Crippen LogP contribution >= 0.6 is 12.4 Å². The molecule has 1 aromatic rings. The number of hydrogen-bond acceptors (Lipinski definition) is 4. The number of aromatic hydroxyl groups is 3. The molecule has 0 amide bonds. The Balaban J connectivity index is 0.00000196. The van der Waals surface area contributed by atoms with Crippen LogP contribution in [-0.2, 0) is 0 Å². The van der Waals surface area contributed by atoms with Crippen LogP contribution in [0.5, 0.6) is 17.2 Å². The summed E-state index contributed by atoms with van der Waals surface area (Å²) < 4.78 is 0. The molecule has 1 rings (SSSR count). The van der Waals surface area contributed by atoms with Gasteiger partial charge < -0.3 is 21.1 Å². The second-order valence-corrected chi connectivity index (χ2v) is 3.03. The molecule has 0 aliphatic carbocycles. The minimum atomic E-state index is -0.520. The fourth-order valence-electron chi connectivity index (χ4n) is 1.29. The highest BCUT2D eigenvalue weighted by molar-refractivity contribution is 5.85. The molecule has 0 heterocycles. The summed E-state index contributed by atoms with van der Waals surface area (Å²) in [6.07, 6.45) is 2.03. The Kier molecular flexibility index (Phi) is 4.97. The van der Waals surface area contributed by atoms with Gasteiger partial charge >= 0.3 is 0 Å². The highest BCUT2D eigenvalue weighted by atomic mass is 35.5. The van der Waals surface area contributed by atoms with Crippen molar-refractivity contribution in [3.05, 3.63) is 30.4 Å². The number of rotatable bonds is 3. The quantitative estimate of drug-likeness (QED) is 0.598. The summed E-state index contributed by atoms with van der Waals surface area (Å²) >= 11 is 0. The zero-order valence-electron chi connectivity index (χ0n) is 8.05. The Labute approximate surface area is 94.1 Å². The molecule has 0 aromatic heterocycles. The summed E-state index contributed by atoms with van der Waals surface area (Å²) in [5.74, 6) is -0.622. The molecule has 0 fully saturated rings. The zero-order valence-corrected chi connectivity index (χ0v) is 8.87. The number of benzene rings is 1. The van der Waals surface area contributed by atoms with Gasteiger partial charge in [-0.2, -0.15) is 0 Å². The lowest BCUT2D eigenvalue weighted by molar-refractivity contribution is 0.412. The van der Waals surface area contributed by atoms with Crippen LogP contribution < -0.4 is 5.73 Å². The lowest BCUT2D eigenvalue weighted by Gasteiger charge is -2.13. The third-order valence-electron chi connectivity index (χ3n) is 1.91. The first-order chi connectivity index (χ1) is 6.56. The van der Waals surface area contributed by atoms with E-state index in [-0.39, 0.29) is 35.2 Å². The normalized spacial score (nSPS) is 11.5. The second kappa shape index (κ2) is 5.48. The predicted molar refractivity (Wildman–Crippen MR) is 60.4 cm³/mol. The van der Waals surface area contributed by atoms with Gasteiger partial charge in [0, 0.05) is 18.2 Å². The predicted octanol–water partition coefficient (Wildman–Crippen LogP) is 1.80. The molecule has 0 radical (unpaired) electrons. The number of hydrogen-bond donors (Lipinski definition) is 4. The lowest BCUT2D eigenvalue weighted by Crippen LogP contribution is -2.09. The van der Waals surface area contributed by atoms with Gasteiger partial charge in [0.15, 0.2) is 0 Å². The van der Waals surface area contributed by atoms with Crippen LogP contribution in [0.15, 0.2) is 24.8 Å². The standard InChI is InChI=1S/C10H13NO3.ClH/c1-2-3-7(11)10-8(13)4-6(12)5-9(10)14;/h2,4-5,7,12-14H,1,3,11H2;1H/t7-;/m0./s1. The molecule has 0 aliphatic heterocycles. The summed E-state index contributed by atoms with van der Waals surface area (Å²) in [7, 11) is 0. The van der Waals surface area contributed by atoms with Gasteiger partial charge in [-0.15, -0.1) is 19.0 Å². The molecule has 1 atom stereocenters. The fourth-order valence-corrected chi connectivity index (χ4v) is 1.29. The van der Waals surface area contributed by atoms with Gasteiger partial charge in [0.2, 0.25) is 0 Å². The largest absolute Gasteiger partial charge is 0.508 e. The van der Waals surface area contributed by atoms with Crippen molar-refractivity contribution in [1.82, 2.24) is 0 Å². The van der Waals surface area contributed by atoms with Crippen LogP contribution in [-0.4, -0.2) is 15.3 Å². The van der Waals surface area contributed by atoms with E-state index in [9.17, 15) is 10.2 Å². The average molecular weight is 232 g/mol. The summed E-state index contributed by atoms with van der Waals surface area (Å²) in [6, 6.07) is 1.75. The van der Waals surface area contributed by atoms with Crippen molar-refractivity contribution in [1.29, 1.82) is 0 Å². The Morgan fingerprint density at radius 1 is 1.27 bits per heavy atom. The van der Waals surface area contributed by atoms with Crippen molar-refractivity contribution in [2.45, 2.75) is 12.5 Å². The summed E-state index contributed by atoms with van der Waals surface area (Å²) in [6.45, 7) is 3.51. The number of halogens is 1. The van der Waals surface area contributed by atoms with Crippen LogP contribution in [0.25, 0.3) is 0 Å². The van der Waals surface area contributed by atoms with E-state index in [4.69, 9.17) is 10.8 Å². The van der Waals surface area contributed by atoms with Crippen LogP contribution in [0.2, 0.25) is 0 Å². The molecule has 0 unspecified atom stereocenters. The average Bonchev–Trinajstić information content (AvgIpc) is 2.01. The van der Waals surface area contributed by atoms with Gasteiger partial charge in [-0.3, -0.25) is 0 Å². The van der Waals surface area contributed by atoms with Crippen molar-refractivity contribution < 1.29 is 15.3 Å².